The Balaban J connectivity index is 1.43. The van der Waals surface area contributed by atoms with Crippen LogP contribution in [0.5, 0.6) is 17.4 Å². The zero-order valence-corrected chi connectivity index (χ0v) is 24.0. The molecule has 0 amide bonds. The fourth-order valence-electron chi connectivity index (χ4n) is 5.82. The molecule has 212 valence electrons. The van der Waals surface area contributed by atoms with Crippen molar-refractivity contribution < 1.29 is 14.6 Å². The number of nitrogens with zero attached hydrogens (tertiary/aromatic N) is 3. The average Bonchev–Trinajstić information content (AvgIpc) is 3.35. The summed E-state index contributed by atoms with van der Waals surface area (Å²) in [6.45, 7) is 9.13. The van der Waals surface area contributed by atoms with Crippen LogP contribution in [-0.2, 0) is 6.54 Å². The predicted molar refractivity (Wildman–Crippen MR) is 163 cm³/mol. The first kappa shape index (κ1) is 27.9. The minimum Gasteiger partial charge on any atom is -0.494 e. The molecule has 0 radical (unpaired) electrons. The predicted octanol–water partition coefficient (Wildman–Crippen LogP) is 5.67. The Bertz CT molecular complexity index is 1380. The highest BCUT2D eigenvalue weighted by Crippen LogP contribution is 2.40. The quantitative estimate of drug-likeness (QED) is 0.225. The highest BCUT2D eigenvalue weighted by Gasteiger charge is 2.24. The molecule has 2 N–H and O–H groups in total. The Morgan fingerprint density at radius 2 is 1.65 bits per heavy atom. The van der Waals surface area contributed by atoms with Crippen LogP contribution in [0.4, 0.5) is 5.69 Å². The highest BCUT2D eigenvalue weighted by molar-refractivity contribution is 5.98. The maximum atomic E-state index is 11.6. The molecule has 1 aliphatic rings. The molecule has 5 rings (SSSR count). The standard InChI is InChI=1S/C33H42N4O3/c1-4-35-18-20-36(21-19-35)30-13-8-12-27-28(30)24-37(33(27)38)29(26-15-16-31(39-2)32(22-26)40-3)14-9-17-34-23-25-10-6-5-7-11-25/h5-8,10-13,15-16,22,24,29,34,38H,4,9,14,17-21,23H2,1-3H3/t29-/m1/s1. The summed E-state index contributed by atoms with van der Waals surface area (Å²) < 4.78 is 13.2. The van der Waals surface area contributed by atoms with E-state index in [4.69, 9.17) is 9.47 Å². The van der Waals surface area contributed by atoms with Crippen LogP contribution >= 0.6 is 0 Å². The summed E-state index contributed by atoms with van der Waals surface area (Å²) in [5.41, 5.74) is 3.55. The van der Waals surface area contributed by atoms with Gasteiger partial charge in [-0.15, -0.1) is 0 Å². The van der Waals surface area contributed by atoms with E-state index in [2.05, 4.69) is 75.3 Å². The normalized spacial score (nSPS) is 14.9. The molecule has 7 nitrogen and oxygen atoms in total. The van der Waals surface area contributed by atoms with Gasteiger partial charge in [-0.2, -0.15) is 0 Å². The van der Waals surface area contributed by atoms with E-state index < -0.39 is 0 Å². The third-order valence-electron chi connectivity index (χ3n) is 8.13. The van der Waals surface area contributed by atoms with Crippen LogP contribution in [0.15, 0.2) is 72.9 Å². The number of methoxy groups -OCH3 is 2. The molecular formula is C33H42N4O3. The molecule has 1 aliphatic heterocycles. The van der Waals surface area contributed by atoms with Crippen molar-refractivity contribution >= 4 is 16.5 Å². The number of piperazine rings is 1. The molecule has 1 fully saturated rings. The van der Waals surface area contributed by atoms with Crippen LogP contribution in [0.3, 0.4) is 0 Å². The number of aromatic nitrogens is 1. The minimum absolute atomic E-state index is 0.0597. The van der Waals surface area contributed by atoms with E-state index in [1.165, 1.54) is 11.3 Å². The SMILES string of the molecule is CCN1CCN(c2cccc3c(O)n([C@H](CCCNCc4ccccc4)c4ccc(OC)c(OC)c4)cc23)CC1. The van der Waals surface area contributed by atoms with Crippen molar-refractivity contribution in [2.45, 2.75) is 32.4 Å². The molecule has 0 saturated carbocycles. The number of benzene rings is 3. The van der Waals surface area contributed by atoms with Crippen LogP contribution in [0.25, 0.3) is 10.8 Å². The smallest absolute Gasteiger partial charge is 0.199 e. The van der Waals surface area contributed by atoms with Crippen LogP contribution in [0.2, 0.25) is 0 Å². The summed E-state index contributed by atoms with van der Waals surface area (Å²) >= 11 is 0. The fourth-order valence-corrected chi connectivity index (χ4v) is 5.82. The lowest BCUT2D eigenvalue weighted by Crippen LogP contribution is -2.46. The van der Waals surface area contributed by atoms with E-state index in [9.17, 15) is 5.11 Å². The van der Waals surface area contributed by atoms with Crippen LogP contribution in [0.1, 0.15) is 36.9 Å². The van der Waals surface area contributed by atoms with E-state index >= 15 is 0 Å². The maximum absolute atomic E-state index is 11.6. The van der Waals surface area contributed by atoms with Crippen molar-refractivity contribution in [3.8, 4) is 17.4 Å². The van der Waals surface area contributed by atoms with Crippen molar-refractivity contribution in [1.29, 1.82) is 0 Å². The summed E-state index contributed by atoms with van der Waals surface area (Å²) in [6, 6.07) is 22.8. The Morgan fingerprint density at radius 1 is 0.875 bits per heavy atom. The second kappa shape index (κ2) is 13.1. The monoisotopic (exact) mass is 542 g/mol. The first-order chi connectivity index (χ1) is 19.6. The second-order valence-corrected chi connectivity index (χ2v) is 10.5. The summed E-state index contributed by atoms with van der Waals surface area (Å²) in [6.07, 6.45) is 3.95. The number of ether oxygens (including phenoxy) is 2. The molecule has 1 aromatic heterocycles. The fraction of sp³-hybridized carbons (Fsp3) is 0.394. The largest absolute Gasteiger partial charge is 0.494 e. The van der Waals surface area contributed by atoms with Gasteiger partial charge in [0.2, 0.25) is 0 Å². The maximum Gasteiger partial charge on any atom is 0.199 e. The second-order valence-electron chi connectivity index (χ2n) is 10.5. The lowest BCUT2D eigenvalue weighted by Gasteiger charge is -2.35. The molecule has 0 spiro atoms. The van der Waals surface area contributed by atoms with Gasteiger partial charge in [-0.3, -0.25) is 0 Å². The van der Waals surface area contributed by atoms with Crippen LogP contribution in [0, 0.1) is 0 Å². The molecule has 40 heavy (non-hydrogen) atoms. The van der Waals surface area contributed by atoms with E-state index in [1.807, 2.05) is 24.3 Å². The lowest BCUT2D eigenvalue weighted by atomic mass is 10.0. The van der Waals surface area contributed by atoms with Crippen molar-refractivity contribution in [3.05, 3.63) is 84.1 Å². The molecule has 7 heteroatoms. The topological polar surface area (TPSA) is 62.1 Å². The molecule has 0 unspecified atom stereocenters. The first-order valence-corrected chi connectivity index (χ1v) is 14.4. The van der Waals surface area contributed by atoms with Crippen molar-refractivity contribution in [1.82, 2.24) is 14.8 Å². The van der Waals surface area contributed by atoms with Gasteiger partial charge in [0, 0.05) is 55.4 Å². The number of rotatable bonds is 12. The van der Waals surface area contributed by atoms with Crippen LogP contribution < -0.4 is 19.7 Å². The molecule has 1 saturated heterocycles. The Hall–Kier alpha value is -3.68. The number of nitrogens with one attached hydrogen (secondary N) is 1. The average molecular weight is 543 g/mol. The van der Waals surface area contributed by atoms with Crippen molar-refractivity contribution in [3.63, 3.8) is 0 Å². The van der Waals surface area contributed by atoms with E-state index in [0.29, 0.717) is 17.4 Å². The van der Waals surface area contributed by atoms with Crippen molar-refractivity contribution in [2.75, 3.05) is 58.4 Å². The number of hydrogen-bond donors (Lipinski definition) is 2. The van der Waals surface area contributed by atoms with E-state index in [0.717, 1.165) is 75.0 Å². The van der Waals surface area contributed by atoms with Gasteiger partial charge in [-0.1, -0.05) is 49.4 Å². The van der Waals surface area contributed by atoms with E-state index in [-0.39, 0.29) is 6.04 Å². The molecule has 0 bridgehead atoms. The van der Waals surface area contributed by atoms with Crippen molar-refractivity contribution in [2.24, 2.45) is 0 Å². The molecule has 2 heterocycles. The third kappa shape index (κ3) is 6.06. The first-order valence-electron chi connectivity index (χ1n) is 14.4. The Labute approximate surface area is 237 Å². The minimum atomic E-state index is -0.0597. The zero-order valence-electron chi connectivity index (χ0n) is 24.0. The molecule has 1 atom stereocenters. The van der Waals surface area contributed by atoms with Gasteiger partial charge in [0.1, 0.15) is 0 Å². The summed E-state index contributed by atoms with van der Waals surface area (Å²) in [4.78, 5) is 4.94. The summed E-state index contributed by atoms with van der Waals surface area (Å²) in [5.74, 6) is 1.70. The third-order valence-corrected chi connectivity index (χ3v) is 8.13. The van der Waals surface area contributed by atoms with Gasteiger partial charge in [-0.25, -0.2) is 0 Å². The van der Waals surface area contributed by atoms with Gasteiger partial charge < -0.3 is 34.3 Å². The summed E-state index contributed by atoms with van der Waals surface area (Å²) in [5, 5.41) is 17.1. The number of aromatic hydroxyl groups is 1. The number of hydrogen-bond acceptors (Lipinski definition) is 6. The van der Waals surface area contributed by atoms with E-state index in [1.54, 1.807) is 14.2 Å². The van der Waals surface area contributed by atoms with Gasteiger partial charge >= 0.3 is 0 Å². The molecule has 3 aromatic carbocycles. The molecular weight excluding hydrogens is 500 g/mol. The van der Waals surface area contributed by atoms with Crippen LogP contribution in [-0.4, -0.2) is 68.1 Å². The zero-order chi connectivity index (χ0) is 27.9. The van der Waals surface area contributed by atoms with Gasteiger partial charge in [0.15, 0.2) is 17.4 Å². The van der Waals surface area contributed by atoms with Gasteiger partial charge in [0.05, 0.1) is 20.3 Å². The molecule has 4 aromatic rings. The number of anilines is 1. The van der Waals surface area contributed by atoms with Gasteiger partial charge in [-0.05, 0) is 61.3 Å². The number of fused-ring (bicyclic) bond motifs is 1. The summed E-state index contributed by atoms with van der Waals surface area (Å²) in [7, 11) is 3.32. The molecule has 0 aliphatic carbocycles. The number of likely N-dealkylation sites (N-methyl/N-ethyl adjacent to an activating group) is 1. The Kier molecular flexibility index (Phi) is 9.14. The Morgan fingerprint density at radius 3 is 2.38 bits per heavy atom. The lowest BCUT2D eigenvalue weighted by molar-refractivity contribution is 0.271. The van der Waals surface area contributed by atoms with Gasteiger partial charge in [0.25, 0.3) is 0 Å². The highest BCUT2D eigenvalue weighted by atomic mass is 16.5.